The second-order valence-electron chi connectivity index (χ2n) is 7.36. The summed E-state index contributed by atoms with van der Waals surface area (Å²) in [5.41, 5.74) is 1.99. The molecule has 1 aromatic rings. The van der Waals surface area contributed by atoms with Crippen LogP contribution in [0.15, 0.2) is 18.2 Å². The number of hydrogen-bond donors (Lipinski definition) is 2. The first-order chi connectivity index (χ1) is 13.4. The number of piperidine rings is 1. The molecule has 9 heteroatoms. The zero-order chi connectivity index (χ0) is 19.8. The predicted molar refractivity (Wildman–Crippen MR) is 93.7 cm³/mol. The Hall–Kier alpha value is -2.97. The molecular weight excluding hydrogens is 369 g/mol. The second-order valence-corrected chi connectivity index (χ2v) is 7.36. The summed E-state index contributed by atoms with van der Waals surface area (Å²) in [5, 5.41) is 4.85. The first-order valence-electron chi connectivity index (χ1n) is 9.23. The first-order valence-corrected chi connectivity index (χ1v) is 9.23. The maximum absolute atomic E-state index is 12.8. The molecule has 3 atom stereocenters. The molecule has 1 saturated carbocycles. The average molecular weight is 389 g/mol. The lowest BCUT2D eigenvalue weighted by atomic mass is 10.0. The van der Waals surface area contributed by atoms with Gasteiger partial charge in [0.2, 0.25) is 11.8 Å². The number of ether oxygens (including phenoxy) is 1. The summed E-state index contributed by atoms with van der Waals surface area (Å²) in [7, 11) is 0. The summed E-state index contributed by atoms with van der Waals surface area (Å²) < 4.78 is 17.7. The number of halogens is 1. The van der Waals surface area contributed by atoms with Crippen LogP contribution in [0.1, 0.15) is 40.7 Å². The van der Waals surface area contributed by atoms with Crippen molar-refractivity contribution < 1.29 is 28.3 Å². The molecule has 3 aliphatic rings. The van der Waals surface area contributed by atoms with Gasteiger partial charge in [0.15, 0.2) is 0 Å². The van der Waals surface area contributed by atoms with Crippen molar-refractivity contribution in [1.82, 2.24) is 15.5 Å². The van der Waals surface area contributed by atoms with Gasteiger partial charge < -0.3 is 15.0 Å². The van der Waals surface area contributed by atoms with Crippen molar-refractivity contribution >= 4 is 23.8 Å². The monoisotopic (exact) mass is 389 g/mol. The van der Waals surface area contributed by atoms with Crippen LogP contribution in [-0.2, 0) is 27.4 Å². The average Bonchev–Trinajstić information content (AvgIpc) is 3.29. The molecule has 0 radical (unpaired) electrons. The zero-order valence-electron chi connectivity index (χ0n) is 15.1. The van der Waals surface area contributed by atoms with Crippen molar-refractivity contribution in [2.45, 2.75) is 44.6 Å². The lowest BCUT2D eigenvalue weighted by molar-refractivity contribution is -0.136. The van der Waals surface area contributed by atoms with E-state index in [4.69, 9.17) is 4.74 Å². The molecular formula is C19H20FN3O5. The molecule has 0 aromatic heterocycles. The lowest BCUT2D eigenvalue weighted by Gasteiger charge is -2.29. The van der Waals surface area contributed by atoms with Crippen LogP contribution >= 0.6 is 0 Å². The van der Waals surface area contributed by atoms with Crippen molar-refractivity contribution in [1.29, 1.82) is 0 Å². The number of carbonyl (C=O) groups excluding carboxylic acids is 4. The third-order valence-corrected chi connectivity index (χ3v) is 5.29. The van der Waals surface area contributed by atoms with Gasteiger partial charge >= 0.3 is 6.09 Å². The highest BCUT2D eigenvalue weighted by Crippen LogP contribution is 2.33. The molecule has 2 heterocycles. The molecule has 2 N–H and O–H groups in total. The van der Waals surface area contributed by atoms with Crippen LogP contribution in [0.3, 0.4) is 0 Å². The van der Waals surface area contributed by atoms with Crippen LogP contribution < -0.4 is 10.6 Å². The maximum Gasteiger partial charge on any atom is 0.407 e. The van der Waals surface area contributed by atoms with E-state index >= 15 is 0 Å². The fourth-order valence-corrected chi connectivity index (χ4v) is 3.50. The number of rotatable bonds is 5. The quantitative estimate of drug-likeness (QED) is 0.732. The number of nitrogens with one attached hydrogen (secondary N) is 2. The Morgan fingerprint density at radius 1 is 1.32 bits per heavy atom. The van der Waals surface area contributed by atoms with Gasteiger partial charge in [-0.3, -0.25) is 19.7 Å². The number of alkyl halides is 1. The lowest BCUT2D eigenvalue weighted by Crippen LogP contribution is -2.52. The van der Waals surface area contributed by atoms with Gasteiger partial charge in [0, 0.05) is 31.0 Å². The van der Waals surface area contributed by atoms with E-state index in [0.29, 0.717) is 30.5 Å². The summed E-state index contributed by atoms with van der Waals surface area (Å²) in [6.45, 7) is 0.542. The van der Waals surface area contributed by atoms with Crippen molar-refractivity contribution in [3.8, 4) is 0 Å². The van der Waals surface area contributed by atoms with Gasteiger partial charge in [-0.25, -0.2) is 9.18 Å². The van der Waals surface area contributed by atoms with E-state index in [1.165, 1.54) is 4.90 Å². The number of alkyl carbamates (subject to hydrolysis) is 1. The molecule has 0 spiro atoms. The zero-order valence-corrected chi connectivity index (χ0v) is 15.1. The number of carbonyl (C=O) groups is 4. The van der Waals surface area contributed by atoms with Crippen molar-refractivity contribution in [2.75, 3.05) is 6.61 Å². The number of imide groups is 1. The standard InChI is InChI=1S/C19H20FN3O5/c20-14-6-12(14)9-28-19(27)21-7-10-1-2-11-8-23(18(26)13(11)5-10)15-3-4-16(24)22-17(15)25/h1-2,5,12,14-15H,3-4,6-9H2,(H,21,27)(H,22,24,25)/t12-,14+,15?/m0/s1. The minimum atomic E-state index is -0.872. The van der Waals surface area contributed by atoms with E-state index < -0.39 is 24.2 Å². The van der Waals surface area contributed by atoms with Gasteiger partial charge in [-0.05, 0) is 30.0 Å². The van der Waals surface area contributed by atoms with Crippen LogP contribution in [0.5, 0.6) is 0 Å². The smallest absolute Gasteiger partial charge is 0.407 e. The highest BCUT2D eigenvalue weighted by atomic mass is 19.1. The van der Waals surface area contributed by atoms with E-state index in [9.17, 15) is 23.6 Å². The summed E-state index contributed by atoms with van der Waals surface area (Å²) in [4.78, 5) is 49.3. The summed E-state index contributed by atoms with van der Waals surface area (Å²) >= 11 is 0. The number of amides is 4. The molecule has 148 valence electrons. The Balaban J connectivity index is 1.35. The Labute approximate surface area is 160 Å². The van der Waals surface area contributed by atoms with Crippen molar-refractivity contribution in [2.24, 2.45) is 5.92 Å². The topological polar surface area (TPSA) is 105 Å². The predicted octanol–water partition coefficient (Wildman–Crippen LogP) is 1.03. The first kappa shape index (κ1) is 18.4. The Kier molecular flexibility index (Phi) is 4.74. The second kappa shape index (κ2) is 7.21. The van der Waals surface area contributed by atoms with E-state index in [2.05, 4.69) is 10.6 Å². The van der Waals surface area contributed by atoms with Crippen LogP contribution in [0, 0.1) is 5.92 Å². The Morgan fingerprint density at radius 3 is 2.82 bits per heavy atom. The third kappa shape index (κ3) is 3.69. The van der Waals surface area contributed by atoms with E-state index in [1.54, 1.807) is 18.2 Å². The minimum absolute atomic E-state index is 0.0661. The molecule has 4 amide bonds. The van der Waals surface area contributed by atoms with Crippen molar-refractivity contribution in [3.63, 3.8) is 0 Å². The van der Waals surface area contributed by atoms with Crippen LogP contribution in [0.25, 0.3) is 0 Å². The van der Waals surface area contributed by atoms with Crippen LogP contribution in [0.2, 0.25) is 0 Å². The molecule has 1 aliphatic carbocycles. The molecule has 1 saturated heterocycles. The molecule has 4 rings (SSSR count). The van der Waals surface area contributed by atoms with Crippen LogP contribution in [-0.4, -0.2) is 47.5 Å². The highest BCUT2D eigenvalue weighted by Gasteiger charge is 2.39. The Morgan fingerprint density at radius 2 is 2.11 bits per heavy atom. The molecule has 2 fully saturated rings. The number of benzene rings is 1. The van der Waals surface area contributed by atoms with Gasteiger partial charge in [0.1, 0.15) is 12.2 Å². The van der Waals surface area contributed by atoms with Gasteiger partial charge in [-0.15, -0.1) is 0 Å². The number of hydrogen-bond acceptors (Lipinski definition) is 5. The molecule has 8 nitrogen and oxygen atoms in total. The molecule has 2 aliphatic heterocycles. The van der Waals surface area contributed by atoms with Crippen LogP contribution in [0.4, 0.5) is 9.18 Å². The third-order valence-electron chi connectivity index (χ3n) is 5.29. The van der Waals surface area contributed by atoms with Gasteiger partial charge in [-0.1, -0.05) is 12.1 Å². The van der Waals surface area contributed by atoms with Gasteiger partial charge in [0.05, 0.1) is 6.61 Å². The van der Waals surface area contributed by atoms with E-state index in [1.807, 2.05) is 0 Å². The van der Waals surface area contributed by atoms with Gasteiger partial charge in [-0.2, -0.15) is 0 Å². The molecule has 1 aromatic carbocycles. The number of nitrogens with zero attached hydrogens (tertiary/aromatic N) is 1. The fraction of sp³-hybridized carbons (Fsp3) is 0.474. The summed E-state index contributed by atoms with van der Waals surface area (Å²) in [5.74, 6) is -1.24. The Bertz CT molecular complexity index is 858. The largest absolute Gasteiger partial charge is 0.449 e. The van der Waals surface area contributed by atoms with E-state index in [-0.39, 0.29) is 37.3 Å². The minimum Gasteiger partial charge on any atom is -0.449 e. The fourth-order valence-electron chi connectivity index (χ4n) is 3.50. The molecule has 1 unspecified atom stereocenters. The number of fused-ring (bicyclic) bond motifs is 1. The van der Waals surface area contributed by atoms with Crippen molar-refractivity contribution in [3.05, 3.63) is 34.9 Å². The maximum atomic E-state index is 12.8. The summed E-state index contributed by atoms with van der Waals surface area (Å²) in [6, 6.07) is 4.61. The van der Waals surface area contributed by atoms with E-state index in [0.717, 1.165) is 5.56 Å². The SMILES string of the molecule is O=C1CCC(N2Cc3ccc(CNC(=O)OC[C@@H]4C[C@H]4F)cc3C2=O)C(=O)N1. The highest BCUT2D eigenvalue weighted by molar-refractivity contribution is 6.05. The summed E-state index contributed by atoms with van der Waals surface area (Å²) in [6.07, 6.45) is -0.550. The van der Waals surface area contributed by atoms with Gasteiger partial charge in [0.25, 0.3) is 5.91 Å². The molecule has 28 heavy (non-hydrogen) atoms. The normalized spacial score (nSPS) is 26.0. The molecule has 0 bridgehead atoms.